The fraction of sp³-hybridized carbons (Fsp3) is 0.312. The van der Waals surface area contributed by atoms with Crippen molar-refractivity contribution >= 4 is 11.4 Å². The van der Waals surface area contributed by atoms with Gasteiger partial charge >= 0.3 is 0 Å². The summed E-state index contributed by atoms with van der Waals surface area (Å²) in [5.41, 5.74) is 1.56. The van der Waals surface area contributed by atoms with Gasteiger partial charge in [-0.15, -0.1) is 0 Å². The van der Waals surface area contributed by atoms with Gasteiger partial charge in [-0.25, -0.2) is 9.50 Å². The number of fused-ring (bicyclic) bond motifs is 1. The van der Waals surface area contributed by atoms with E-state index in [0.29, 0.717) is 5.69 Å². The van der Waals surface area contributed by atoms with E-state index in [1.807, 2.05) is 35.4 Å². The van der Waals surface area contributed by atoms with Gasteiger partial charge in [-0.3, -0.25) is 9.69 Å². The molecule has 0 aromatic carbocycles. The second-order valence-electron chi connectivity index (χ2n) is 5.68. The minimum absolute atomic E-state index is 0.0429. The number of hydrogen-bond acceptors (Lipinski definition) is 4. The predicted octanol–water partition coefficient (Wildman–Crippen LogP) is 1.02. The SMILES string of the molecule is O=C(c1ccc2cccnn12)N1CCN(Cc2ncc[nH]2)CC1. The third-order valence-electron chi connectivity index (χ3n) is 4.23. The lowest BCUT2D eigenvalue weighted by molar-refractivity contribution is 0.0618. The van der Waals surface area contributed by atoms with Gasteiger partial charge in [0.05, 0.1) is 12.1 Å². The molecular weight excluding hydrogens is 292 g/mol. The average Bonchev–Trinajstić information content (AvgIpc) is 3.24. The summed E-state index contributed by atoms with van der Waals surface area (Å²) in [6.07, 6.45) is 5.30. The number of nitrogens with zero attached hydrogens (tertiary/aromatic N) is 5. The molecule has 0 bridgehead atoms. The Labute approximate surface area is 133 Å². The van der Waals surface area contributed by atoms with Crippen molar-refractivity contribution in [2.75, 3.05) is 26.2 Å². The number of imidazole rings is 1. The van der Waals surface area contributed by atoms with Crippen LogP contribution in [0.5, 0.6) is 0 Å². The number of carbonyl (C=O) groups excluding carboxylic acids is 1. The number of amides is 1. The van der Waals surface area contributed by atoms with Gasteiger partial charge in [0, 0.05) is 44.8 Å². The maximum atomic E-state index is 12.7. The highest BCUT2D eigenvalue weighted by Gasteiger charge is 2.24. The van der Waals surface area contributed by atoms with Crippen molar-refractivity contribution in [2.45, 2.75) is 6.54 Å². The minimum Gasteiger partial charge on any atom is -0.348 e. The fourth-order valence-electron chi connectivity index (χ4n) is 2.98. The Morgan fingerprint density at radius 1 is 1.13 bits per heavy atom. The van der Waals surface area contributed by atoms with Gasteiger partial charge in [-0.05, 0) is 24.3 Å². The zero-order chi connectivity index (χ0) is 15.6. The first-order valence-corrected chi connectivity index (χ1v) is 7.74. The van der Waals surface area contributed by atoms with E-state index in [0.717, 1.165) is 44.1 Å². The van der Waals surface area contributed by atoms with E-state index < -0.39 is 0 Å². The van der Waals surface area contributed by atoms with Crippen molar-refractivity contribution in [3.63, 3.8) is 0 Å². The lowest BCUT2D eigenvalue weighted by Gasteiger charge is -2.34. The molecule has 1 N–H and O–H groups in total. The van der Waals surface area contributed by atoms with Crippen LogP contribution in [0.15, 0.2) is 42.9 Å². The van der Waals surface area contributed by atoms with E-state index in [-0.39, 0.29) is 5.91 Å². The summed E-state index contributed by atoms with van der Waals surface area (Å²) in [7, 11) is 0. The van der Waals surface area contributed by atoms with Gasteiger partial charge < -0.3 is 9.88 Å². The molecule has 0 saturated carbocycles. The lowest BCUT2D eigenvalue weighted by Crippen LogP contribution is -2.48. The van der Waals surface area contributed by atoms with Crippen LogP contribution in [0, 0.1) is 0 Å². The number of rotatable bonds is 3. The van der Waals surface area contributed by atoms with Crippen molar-refractivity contribution in [1.82, 2.24) is 29.4 Å². The quantitative estimate of drug-likeness (QED) is 0.784. The molecule has 1 fully saturated rings. The molecule has 3 aromatic rings. The average molecular weight is 310 g/mol. The normalized spacial score (nSPS) is 16.1. The maximum absolute atomic E-state index is 12.7. The van der Waals surface area contributed by atoms with Crippen LogP contribution in [0.4, 0.5) is 0 Å². The van der Waals surface area contributed by atoms with E-state index >= 15 is 0 Å². The van der Waals surface area contributed by atoms with Crippen molar-refractivity contribution in [3.05, 3.63) is 54.4 Å². The van der Waals surface area contributed by atoms with Gasteiger partial charge in [0.1, 0.15) is 11.5 Å². The van der Waals surface area contributed by atoms with Gasteiger partial charge in [-0.2, -0.15) is 5.10 Å². The molecule has 0 spiro atoms. The second-order valence-corrected chi connectivity index (χ2v) is 5.68. The molecule has 1 saturated heterocycles. The molecular formula is C16H18N6O. The highest BCUT2D eigenvalue weighted by molar-refractivity contribution is 5.93. The van der Waals surface area contributed by atoms with Crippen molar-refractivity contribution < 1.29 is 4.79 Å². The zero-order valence-corrected chi connectivity index (χ0v) is 12.7. The third-order valence-corrected chi connectivity index (χ3v) is 4.23. The fourth-order valence-corrected chi connectivity index (χ4v) is 2.98. The summed E-state index contributed by atoms with van der Waals surface area (Å²) in [6.45, 7) is 3.94. The summed E-state index contributed by atoms with van der Waals surface area (Å²) in [5, 5.41) is 4.27. The van der Waals surface area contributed by atoms with E-state index in [4.69, 9.17) is 0 Å². The highest BCUT2D eigenvalue weighted by atomic mass is 16.2. The van der Waals surface area contributed by atoms with E-state index in [9.17, 15) is 4.79 Å². The Kier molecular flexibility index (Phi) is 3.55. The number of carbonyl (C=O) groups is 1. The molecule has 7 heteroatoms. The maximum Gasteiger partial charge on any atom is 0.272 e. The molecule has 1 aliphatic rings. The Balaban J connectivity index is 1.43. The number of nitrogens with one attached hydrogen (secondary N) is 1. The number of aromatic amines is 1. The first-order chi connectivity index (χ1) is 11.3. The molecule has 4 heterocycles. The van der Waals surface area contributed by atoms with Crippen LogP contribution in [0.3, 0.4) is 0 Å². The third kappa shape index (κ3) is 2.70. The van der Waals surface area contributed by atoms with Gasteiger partial charge in [0.25, 0.3) is 5.91 Å². The monoisotopic (exact) mass is 310 g/mol. The molecule has 4 rings (SSSR count). The molecule has 0 atom stereocenters. The standard InChI is InChI=1S/C16H18N6O/c23-16(14-4-3-13-2-1-5-19-22(13)14)21-10-8-20(9-11-21)12-15-17-6-7-18-15/h1-7H,8-12H2,(H,17,18). The number of hydrogen-bond donors (Lipinski definition) is 1. The smallest absolute Gasteiger partial charge is 0.272 e. The molecule has 0 aliphatic carbocycles. The zero-order valence-electron chi connectivity index (χ0n) is 12.7. The predicted molar refractivity (Wildman–Crippen MR) is 85.0 cm³/mol. The van der Waals surface area contributed by atoms with Crippen LogP contribution in [0.2, 0.25) is 0 Å². The molecule has 7 nitrogen and oxygen atoms in total. The Morgan fingerprint density at radius 3 is 2.78 bits per heavy atom. The Hall–Kier alpha value is -2.67. The first kappa shape index (κ1) is 14.0. The van der Waals surface area contributed by atoms with E-state index in [1.54, 1.807) is 16.9 Å². The lowest BCUT2D eigenvalue weighted by atomic mass is 10.2. The van der Waals surface area contributed by atoms with Crippen LogP contribution in [-0.4, -0.2) is 61.5 Å². The summed E-state index contributed by atoms with van der Waals surface area (Å²) < 4.78 is 1.71. The van der Waals surface area contributed by atoms with Gasteiger partial charge in [-0.1, -0.05) is 0 Å². The molecule has 0 unspecified atom stereocenters. The van der Waals surface area contributed by atoms with Crippen LogP contribution in [0.25, 0.3) is 5.52 Å². The minimum atomic E-state index is 0.0429. The summed E-state index contributed by atoms with van der Waals surface area (Å²) in [5.74, 6) is 1.01. The van der Waals surface area contributed by atoms with Crippen molar-refractivity contribution in [3.8, 4) is 0 Å². The Morgan fingerprint density at radius 2 is 2.00 bits per heavy atom. The van der Waals surface area contributed by atoms with E-state index in [1.165, 1.54) is 0 Å². The highest BCUT2D eigenvalue weighted by Crippen LogP contribution is 2.13. The number of H-pyrrole nitrogens is 1. The summed E-state index contributed by atoms with van der Waals surface area (Å²) in [4.78, 5) is 24.3. The molecule has 1 amide bonds. The molecule has 23 heavy (non-hydrogen) atoms. The molecule has 118 valence electrons. The van der Waals surface area contributed by atoms with Crippen molar-refractivity contribution in [1.29, 1.82) is 0 Å². The van der Waals surface area contributed by atoms with Crippen LogP contribution >= 0.6 is 0 Å². The summed E-state index contributed by atoms with van der Waals surface area (Å²) in [6, 6.07) is 7.59. The van der Waals surface area contributed by atoms with Gasteiger partial charge in [0.2, 0.25) is 0 Å². The molecule has 3 aromatic heterocycles. The van der Waals surface area contributed by atoms with Crippen LogP contribution < -0.4 is 0 Å². The summed E-state index contributed by atoms with van der Waals surface area (Å²) >= 11 is 0. The van der Waals surface area contributed by atoms with Gasteiger partial charge in [0.15, 0.2) is 0 Å². The van der Waals surface area contributed by atoms with E-state index in [2.05, 4.69) is 20.0 Å². The topological polar surface area (TPSA) is 69.5 Å². The first-order valence-electron chi connectivity index (χ1n) is 7.74. The molecule has 1 aliphatic heterocycles. The van der Waals surface area contributed by atoms with Crippen LogP contribution in [-0.2, 0) is 6.54 Å². The van der Waals surface area contributed by atoms with Crippen LogP contribution in [0.1, 0.15) is 16.3 Å². The Bertz CT molecular complexity index is 801. The number of aromatic nitrogens is 4. The van der Waals surface area contributed by atoms with Crippen molar-refractivity contribution in [2.24, 2.45) is 0 Å². The number of piperazine rings is 1. The second kappa shape index (κ2) is 5.85. The largest absolute Gasteiger partial charge is 0.348 e. The molecule has 0 radical (unpaired) electrons.